The maximum atomic E-state index is 12.9. The lowest BCUT2D eigenvalue weighted by Crippen LogP contribution is -2.43. The lowest BCUT2D eigenvalue weighted by molar-refractivity contribution is -0.127. The second-order valence-electron chi connectivity index (χ2n) is 5.87. The number of carbonyl (C=O) groups is 2. The highest BCUT2D eigenvalue weighted by Crippen LogP contribution is 2.28. The molecule has 130 valence electrons. The van der Waals surface area contributed by atoms with Crippen molar-refractivity contribution >= 4 is 29.2 Å². The van der Waals surface area contributed by atoms with Crippen molar-refractivity contribution in [2.24, 2.45) is 0 Å². The van der Waals surface area contributed by atoms with Crippen LogP contribution >= 0.6 is 11.6 Å². The standard InChI is InChI=1S/C19H19ClN2O3/c1-2-16(25-19(24)14-9-5-11-21-17(14)20)18(23)22-12-6-8-13-7-3-4-10-15(13)22/h3-5,7,9-11,16H,2,6,8,12H2,1H3. The SMILES string of the molecule is CCC(OC(=O)c1cccnc1Cl)C(=O)N1CCCc2ccccc21. The number of carbonyl (C=O) groups excluding carboxylic acids is 2. The fourth-order valence-electron chi connectivity index (χ4n) is 2.98. The van der Waals surface area contributed by atoms with Crippen LogP contribution in [-0.4, -0.2) is 29.5 Å². The van der Waals surface area contributed by atoms with E-state index in [9.17, 15) is 9.59 Å². The van der Waals surface area contributed by atoms with Gasteiger partial charge in [-0.1, -0.05) is 36.7 Å². The van der Waals surface area contributed by atoms with E-state index in [4.69, 9.17) is 16.3 Å². The molecule has 0 bridgehead atoms. The average Bonchev–Trinajstić information content (AvgIpc) is 2.65. The molecular weight excluding hydrogens is 340 g/mol. The Labute approximate surface area is 151 Å². The summed E-state index contributed by atoms with van der Waals surface area (Å²) in [7, 11) is 0. The number of rotatable bonds is 4. The van der Waals surface area contributed by atoms with Gasteiger partial charge < -0.3 is 9.64 Å². The molecule has 2 heterocycles. The van der Waals surface area contributed by atoms with Gasteiger partial charge in [0.05, 0.1) is 5.56 Å². The fourth-order valence-corrected chi connectivity index (χ4v) is 3.17. The highest BCUT2D eigenvalue weighted by Gasteiger charge is 2.30. The molecule has 0 spiro atoms. The van der Waals surface area contributed by atoms with Crippen LogP contribution in [-0.2, 0) is 16.0 Å². The highest BCUT2D eigenvalue weighted by atomic mass is 35.5. The van der Waals surface area contributed by atoms with Crippen molar-refractivity contribution in [3.63, 3.8) is 0 Å². The maximum absolute atomic E-state index is 12.9. The van der Waals surface area contributed by atoms with Gasteiger partial charge in [0.15, 0.2) is 6.10 Å². The smallest absolute Gasteiger partial charge is 0.342 e. The van der Waals surface area contributed by atoms with Crippen LogP contribution in [0.3, 0.4) is 0 Å². The third kappa shape index (κ3) is 3.66. The Morgan fingerprint density at radius 3 is 2.84 bits per heavy atom. The molecule has 3 rings (SSSR count). The summed E-state index contributed by atoms with van der Waals surface area (Å²) in [5.74, 6) is -0.841. The number of hydrogen-bond acceptors (Lipinski definition) is 4. The van der Waals surface area contributed by atoms with Gasteiger partial charge in [-0.25, -0.2) is 9.78 Å². The molecule has 25 heavy (non-hydrogen) atoms. The normalized spacial score (nSPS) is 14.6. The second kappa shape index (κ2) is 7.66. The lowest BCUT2D eigenvalue weighted by atomic mass is 10.0. The summed E-state index contributed by atoms with van der Waals surface area (Å²) < 4.78 is 5.44. The zero-order chi connectivity index (χ0) is 17.8. The van der Waals surface area contributed by atoms with Crippen LogP contribution in [0.4, 0.5) is 5.69 Å². The third-order valence-electron chi connectivity index (χ3n) is 4.25. The Morgan fingerprint density at radius 2 is 2.08 bits per heavy atom. The van der Waals surface area contributed by atoms with Crippen LogP contribution < -0.4 is 4.90 Å². The van der Waals surface area contributed by atoms with Crippen molar-refractivity contribution in [1.82, 2.24) is 4.98 Å². The highest BCUT2D eigenvalue weighted by molar-refractivity contribution is 6.32. The number of fused-ring (bicyclic) bond motifs is 1. The second-order valence-corrected chi connectivity index (χ2v) is 6.22. The predicted octanol–water partition coefficient (Wildman–Crippen LogP) is 3.65. The third-order valence-corrected chi connectivity index (χ3v) is 4.55. The molecule has 6 heteroatoms. The van der Waals surface area contributed by atoms with Crippen molar-refractivity contribution in [3.05, 3.63) is 58.9 Å². The Balaban J connectivity index is 1.79. The number of anilines is 1. The Hall–Kier alpha value is -2.40. The number of aryl methyl sites for hydroxylation is 1. The number of esters is 1. The average molecular weight is 359 g/mol. The molecule has 1 aromatic heterocycles. The van der Waals surface area contributed by atoms with Crippen LogP contribution in [0.15, 0.2) is 42.6 Å². The molecule has 0 saturated heterocycles. The van der Waals surface area contributed by atoms with Gasteiger partial charge in [-0.3, -0.25) is 4.79 Å². The maximum Gasteiger partial charge on any atom is 0.342 e. The first-order chi connectivity index (χ1) is 12.1. The molecule has 1 amide bonds. The number of amides is 1. The molecule has 0 aliphatic carbocycles. The van der Waals surface area contributed by atoms with E-state index < -0.39 is 12.1 Å². The first-order valence-electron chi connectivity index (χ1n) is 8.32. The van der Waals surface area contributed by atoms with Gasteiger partial charge in [-0.05, 0) is 43.0 Å². The van der Waals surface area contributed by atoms with E-state index in [0.29, 0.717) is 13.0 Å². The number of nitrogens with zero attached hydrogens (tertiary/aromatic N) is 2. The van der Waals surface area contributed by atoms with Crippen molar-refractivity contribution in [2.45, 2.75) is 32.3 Å². The minimum Gasteiger partial charge on any atom is -0.449 e. The zero-order valence-electron chi connectivity index (χ0n) is 13.9. The van der Waals surface area contributed by atoms with Gasteiger partial charge in [0.1, 0.15) is 5.15 Å². The van der Waals surface area contributed by atoms with Gasteiger partial charge in [-0.15, -0.1) is 0 Å². The lowest BCUT2D eigenvalue weighted by Gasteiger charge is -2.31. The first-order valence-corrected chi connectivity index (χ1v) is 8.70. The quantitative estimate of drug-likeness (QED) is 0.618. The van der Waals surface area contributed by atoms with E-state index in [1.54, 1.807) is 11.0 Å². The van der Waals surface area contributed by atoms with Crippen LogP contribution in [0.1, 0.15) is 35.7 Å². The molecule has 1 aliphatic rings. The van der Waals surface area contributed by atoms with Crippen molar-refractivity contribution < 1.29 is 14.3 Å². The minimum atomic E-state index is -0.852. The van der Waals surface area contributed by atoms with E-state index in [1.807, 2.05) is 31.2 Å². The molecule has 1 aliphatic heterocycles. The van der Waals surface area contributed by atoms with Crippen LogP contribution in [0.2, 0.25) is 5.15 Å². The summed E-state index contributed by atoms with van der Waals surface area (Å²) in [5, 5.41) is 0.0677. The van der Waals surface area contributed by atoms with Gasteiger partial charge >= 0.3 is 5.97 Å². The van der Waals surface area contributed by atoms with Gasteiger partial charge in [-0.2, -0.15) is 0 Å². The molecule has 1 atom stereocenters. The number of halogens is 1. The minimum absolute atomic E-state index is 0.0677. The summed E-state index contributed by atoms with van der Waals surface area (Å²) in [4.78, 5) is 30.9. The Morgan fingerprint density at radius 1 is 1.28 bits per heavy atom. The number of aromatic nitrogens is 1. The number of para-hydroxylation sites is 1. The summed E-state index contributed by atoms with van der Waals surface area (Å²) in [6.07, 6.45) is 2.87. The molecular formula is C19H19ClN2O3. The molecule has 2 aromatic rings. The number of hydrogen-bond donors (Lipinski definition) is 0. The topological polar surface area (TPSA) is 59.5 Å². The van der Waals surface area contributed by atoms with Crippen molar-refractivity contribution in [2.75, 3.05) is 11.4 Å². The van der Waals surface area contributed by atoms with E-state index in [-0.39, 0.29) is 16.6 Å². The monoisotopic (exact) mass is 358 g/mol. The Kier molecular flexibility index (Phi) is 5.34. The molecule has 0 N–H and O–H groups in total. The van der Waals surface area contributed by atoms with Gasteiger partial charge in [0, 0.05) is 18.4 Å². The van der Waals surface area contributed by atoms with Crippen LogP contribution in [0.25, 0.3) is 0 Å². The number of ether oxygens (including phenoxy) is 1. The summed E-state index contributed by atoms with van der Waals surface area (Å²) in [5.41, 5.74) is 2.20. The summed E-state index contributed by atoms with van der Waals surface area (Å²) in [6.45, 7) is 2.44. The molecule has 0 saturated carbocycles. The van der Waals surface area contributed by atoms with Crippen LogP contribution in [0, 0.1) is 0 Å². The van der Waals surface area contributed by atoms with Crippen LogP contribution in [0.5, 0.6) is 0 Å². The van der Waals surface area contributed by atoms with Crippen molar-refractivity contribution in [3.8, 4) is 0 Å². The largest absolute Gasteiger partial charge is 0.449 e. The number of benzene rings is 1. The molecule has 1 unspecified atom stereocenters. The fraction of sp³-hybridized carbons (Fsp3) is 0.316. The predicted molar refractivity (Wildman–Crippen MR) is 95.9 cm³/mol. The van der Waals surface area contributed by atoms with Gasteiger partial charge in [0.25, 0.3) is 5.91 Å². The van der Waals surface area contributed by atoms with E-state index >= 15 is 0 Å². The summed E-state index contributed by atoms with van der Waals surface area (Å²) >= 11 is 5.93. The Bertz CT molecular complexity index is 794. The molecule has 1 aromatic carbocycles. The first kappa shape index (κ1) is 17.4. The van der Waals surface area contributed by atoms with Crippen molar-refractivity contribution in [1.29, 1.82) is 0 Å². The summed E-state index contributed by atoms with van der Waals surface area (Å²) in [6, 6.07) is 11.0. The van der Waals surface area contributed by atoms with E-state index in [1.165, 1.54) is 12.3 Å². The zero-order valence-corrected chi connectivity index (χ0v) is 14.7. The van der Waals surface area contributed by atoms with E-state index in [2.05, 4.69) is 4.98 Å². The van der Waals surface area contributed by atoms with E-state index in [0.717, 1.165) is 24.1 Å². The number of pyridine rings is 1. The molecule has 5 nitrogen and oxygen atoms in total. The molecule has 0 radical (unpaired) electrons. The molecule has 0 fully saturated rings. The van der Waals surface area contributed by atoms with Gasteiger partial charge in [0.2, 0.25) is 0 Å².